The minimum absolute atomic E-state index is 0.0473. The molecule has 3 heterocycles. The molecule has 1 aliphatic rings. The molecule has 1 fully saturated rings. The number of hydrogen-bond donors (Lipinski definition) is 1. The average molecular weight is 421 g/mol. The minimum atomic E-state index is 0.0473. The van der Waals surface area contributed by atoms with Gasteiger partial charge in [0.15, 0.2) is 5.96 Å². The van der Waals surface area contributed by atoms with Gasteiger partial charge in [0.2, 0.25) is 5.91 Å². The molecule has 31 heavy (non-hydrogen) atoms. The monoisotopic (exact) mass is 420 g/mol. The van der Waals surface area contributed by atoms with Crippen molar-refractivity contribution in [2.45, 2.75) is 20.0 Å². The zero-order valence-corrected chi connectivity index (χ0v) is 18.0. The van der Waals surface area contributed by atoms with Gasteiger partial charge in [-0.25, -0.2) is 4.99 Å². The standard InChI is InChI=1S/C22H28N8O/c1-3-23-22(28-10-11-30(21(31)17-28)20-14-26-27(2)16-20)24-13-18-6-4-7-19(12-18)15-29-9-5-8-25-29/h4-9,12,14,16H,3,10-11,13,15,17H2,1-2H3,(H,23,24). The Morgan fingerprint density at radius 1 is 1.19 bits per heavy atom. The Balaban J connectivity index is 1.42. The van der Waals surface area contributed by atoms with E-state index in [0.29, 0.717) is 26.2 Å². The van der Waals surface area contributed by atoms with Gasteiger partial charge in [0.05, 0.1) is 25.0 Å². The van der Waals surface area contributed by atoms with Crippen molar-refractivity contribution in [3.8, 4) is 0 Å². The first-order valence-electron chi connectivity index (χ1n) is 10.5. The summed E-state index contributed by atoms with van der Waals surface area (Å²) in [4.78, 5) is 21.4. The Kier molecular flexibility index (Phi) is 6.30. The predicted molar refractivity (Wildman–Crippen MR) is 120 cm³/mol. The van der Waals surface area contributed by atoms with Gasteiger partial charge in [-0.3, -0.25) is 14.2 Å². The van der Waals surface area contributed by atoms with Gasteiger partial charge >= 0.3 is 0 Å². The van der Waals surface area contributed by atoms with Crippen LogP contribution in [0.15, 0.2) is 60.1 Å². The molecule has 162 valence electrons. The van der Waals surface area contributed by atoms with E-state index in [1.807, 2.05) is 48.1 Å². The van der Waals surface area contributed by atoms with Gasteiger partial charge in [-0.1, -0.05) is 24.3 Å². The van der Waals surface area contributed by atoms with E-state index < -0.39 is 0 Å². The average Bonchev–Trinajstić information content (AvgIpc) is 3.43. The van der Waals surface area contributed by atoms with E-state index in [4.69, 9.17) is 4.99 Å². The summed E-state index contributed by atoms with van der Waals surface area (Å²) >= 11 is 0. The zero-order valence-electron chi connectivity index (χ0n) is 18.0. The van der Waals surface area contributed by atoms with Crippen molar-refractivity contribution in [3.05, 3.63) is 66.2 Å². The third-order valence-corrected chi connectivity index (χ3v) is 5.16. The highest BCUT2D eigenvalue weighted by molar-refractivity contribution is 5.98. The van der Waals surface area contributed by atoms with Gasteiger partial charge in [-0.05, 0) is 24.1 Å². The second-order valence-electron chi connectivity index (χ2n) is 7.53. The molecule has 1 saturated heterocycles. The predicted octanol–water partition coefficient (Wildman–Crippen LogP) is 1.48. The van der Waals surface area contributed by atoms with E-state index in [1.165, 1.54) is 5.56 Å². The molecule has 9 heteroatoms. The van der Waals surface area contributed by atoms with Crippen molar-refractivity contribution in [1.82, 2.24) is 29.8 Å². The van der Waals surface area contributed by atoms with Crippen LogP contribution in [0.25, 0.3) is 0 Å². The van der Waals surface area contributed by atoms with E-state index in [2.05, 4.69) is 33.7 Å². The van der Waals surface area contributed by atoms with Crippen molar-refractivity contribution in [3.63, 3.8) is 0 Å². The van der Waals surface area contributed by atoms with E-state index >= 15 is 0 Å². The highest BCUT2D eigenvalue weighted by atomic mass is 16.2. The molecular weight excluding hydrogens is 392 g/mol. The molecule has 1 aromatic carbocycles. The Hall–Kier alpha value is -3.62. The SMILES string of the molecule is CCNC(=NCc1cccc(Cn2cccn2)c1)N1CCN(c2cnn(C)c2)C(=O)C1. The molecule has 0 spiro atoms. The van der Waals surface area contributed by atoms with Crippen LogP contribution in [0.3, 0.4) is 0 Å². The second-order valence-corrected chi connectivity index (χ2v) is 7.53. The molecule has 0 unspecified atom stereocenters. The number of amides is 1. The highest BCUT2D eigenvalue weighted by Gasteiger charge is 2.27. The molecule has 0 atom stereocenters. The molecule has 9 nitrogen and oxygen atoms in total. The lowest BCUT2D eigenvalue weighted by atomic mass is 10.1. The molecule has 1 amide bonds. The number of carbonyl (C=O) groups excluding carboxylic acids is 1. The number of nitrogens with zero attached hydrogens (tertiary/aromatic N) is 7. The third kappa shape index (κ3) is 5.11. The molecule has 1 aliphatic heterocycles. The van der Waals surface area contributed by atoms with E-state index in [-0.39, 0.29) is 5.91 Å². The van der Waals surface area contributed by atoms with Gasteiger partial charge in [0.25, 0.3) is 0 Å². The van der Waals surface area contributed by atoms with Crippen molar-refractivity contribution in [1.29, 1.82) is 0 Å². The lowest BCUT2D eigenvalue weighted by Crippen LogP contribution is -2.55. The van der Waals surface area contributed by atoms with E-state index in [9.17, 15) is 4.79 Å². The Morgan fingerprint density at radius 2 is 2.06 bits per heavy atom. The van der Waals surface area contributed by atoms with Crippen LogP contribution in [0.2, 0.25) is 0 Å². The number of piperazine rings is 1. The Bertz CT molecular complexity index is 1040. The lowest BCUT2D eigenvalue weighted by Gasteiger charge is -2.35. The topological polar surface area (TPSA) is 83.6 Å². The summed E-state index contributed by atoms with van der Waals surface area (Å²) in [5.74, 6) is 0.810. The number of rotatable bonds is 6. The largest absolute Gasteiger partial charge is 0.356 e. The maximum absolute atomic E-state index is 12.7. The van der Waals surface area contributed by atoms with Crippen LogP contribution >= 0.6 is 0 Å². The molecule has 0 bridgehead atoms. The van der Waals surface area contributed by atoms with Crippen molar-refractivity contribution in [2.75, 3.05) is 31.1 Å². The van der Waals surface area contributed by atoms with Crippen molar-refractivity contribution >= 4 is 17.6 Å². The van der Waals surface area contributed by atoms with Crippen molar-refractivity contribution < 1.29 is 4.79 Å². The van der Waals surface area contributed by atoms with Gasteiger partial charge in [-0.15, -0.1) is 0 Å². The lowest BCUT2D eigenvalue weighted by molar-refractivity contribution is -0.120. The Morgan fingerprint density at radius 3 is 2.77 bits per heavy atom. The fraction of sp³-hybridized carbons (Fsp3) is 0.364. The van der Waals surface area contributed by atoms with E-state index in [1.54, 1.807) is 22.0 Å². The van der Waals surface area contributed by atoms with Crippen molar-refractivity contribution in [2.24, 2.45) is 12.0 Å². The summed E-state index contributed by atoms with van der Waals surface area (Å²) < 4.78 is 3.61. The smallest absolute Gasteiger partial charge is 0.246 e. The first kappa shape index (κ1) is 20.6. The second kappa shape index (κ2) is 9.46. The summed E-state index contributed by atoms with van der Waals surface area (Å²) in [6.07, 6.45) is 7.33. The Labute approximate surface area is 182 Å². The summed E-state index contributed by atoms with van der Waals surface area (Å²) in [6.45, 7) is 5.67. The maximum Gasteiger partial charge on any atom is 0.246 e. The maximum atomic E-state index is 12.7. The number of nitrogens with one attached hydrogen (secondary N) is 1. The van der Waals surface area contributed by atoms with Crippen LogP contribution in [0, 0.1) is 0 Å². The molecule has 0 saturated carbocycles. The molecule has 0 radical (unpaired) electrons. The summed E-state index contributed by atoms with van der Waals surface area (Å²) in [6, 6.07) is 10.3. The van der Waals surface area contributed by atoms with Gasteiger partial charge in [0, 0.05) is 45.3 Å². The number of benzene rings is 1. The van der Waals surface area contributed by atoms with Crippen LogP contribution in [0.1, 0.15) is 18.1 Å². The summed E-state index contributed by atoms with van der Waals surface area (Å²) in [5.41, 5.74) is 3.14. The first-order valence-corrected chi connectivity index (χ1v) is 10.5. The third-order valence-electron chi connectivity index (χ3n) is 5.16. The number of aromatic nitrogens is 4. The molecule has 1 N–H and O–H groups in total. The number of anilines is 1. The quantitative estimate of drug-likeness (QED) is 0.482. The number of hydrogen-bond acceptors (Lipinski definition) is 4. The number of guanidine groups is 1. The van der Waals surface area contributed by atoms with Crippen LogP contribution in [-0.4, -0.2) is 62.5 Å². The van der Waals surface area contributed by atoms with Gasteiger partial charge < -0.3 is 15.1 Å². The fourth-order valence-electron chi connectivity index (χ4n) is 3.67. The molecule has 2 aromatic heterocycles. The normalized spacial score (nSPS) is 14.9. The summed E-state index contributed by atoms with van der Waals surface area (Å²) in [5, 5.41) is 11.8. The van der Waals surface area contributed by atoms with Crippen LogP contribution < -0.4 is 10.2 Å². The molecule has 4 rings (SSSR count). The number of aliphatic imine (C=N–C) groups is 1. The summed E-state index contributed by atoms with van der Waals surface area (Å²) in [7, 11) is 1.85. The molecular formula is C22H28N8O. The van der Waals surface area contributed by atoms with Gasteiger partial charge in [0.1, 0.15) is 6.54 Å². The van der Waals surface area contributed by atoms with E-state index in [0.717, 1.165) is 30.3 Å². The van der Waals surface area contributed by atoms with Crippen LogP contribution in [0.4, 0.5) is 5.69 Å². The number of carbonyl (C=O) groups is 1. The van der Waals surface area contributed by atoms with Gasteiger partial charge in [-0.2, -0.15) is 10.2 Å². The molecule has 0 aliphatic carbocycles. The van der Waals surface area contributed by atoms with Crippen LogP contribution in [-0.2, 0) is 24.9 Å². The highest BCUT2D eigenvalue weighted by Crippen LogP contribution is 2.16. The molecule has 3 aromatic rings. The number of aryl methyl sites for hydroxylation is 1. The minimum Gasteiger partial charge on any atom is -0.356 e. The zero-order chi connectivity index (χ0) is 21.6. The fourth-order valence-corrected chi connectivity index (χ4v) is 3.67. The first-order chi connectivity index (χ1) is 15.1. The van der Waals surface area contributed by atoms with Crippen LogP contribution in [0.5, 0.6) is 0 Å².